The zero-order valence-corrected chi connectivity index (χ0v) is 17.2. The molecule has 1 amide bonds. The van der Waals surface area contributed by atoms with Crippen molar-refractivity contribution in [2.24, 2.45) is 0 Å². The van der Waals surface area contributed by atoms with Gasteiger partial charge in [-0.2, -0.15) is 0 Å². The lowest BCUT2D eigenvalue weighted by Gasteiger charge is -2.38. The Morgan fingerprint density at radius 3 is 2.26 bits per heavy atom. The molecule has 0 bridgehead atoms. The molecule has 2 aliphatic rings. The number of hydrogen-bond acceptors (Lipinski definition) is 4. The first-order chi connectivity index (χ1) is 12.9. The van der Waals surface area contributed by atoms with Gasteiger partial charge in [0, 0.05) is 43.8 Å². The third-order valence-corrected chi connectivity index (χ3v) is 7.43. The number of piperazine rings is 1. The van der Waals surface area contributed by atoms with Gasteiger partial charge in [0.25, 0.3) is 5.91 Å². The first-order valence-corrected chi connectivity index (χ1v) is 11.5. The summed E-state index contributed by atoms with van der Waals surface area (Å²) in [5, 5.41) is 0. The van der Waals surface area contributed by atoms with Crippen molar-refractivity contribution in [2.75, 3.05) is 26.2 Å². The van der Waals surface area contributed by atoms with Gasteiger partial charge in [0.05, 0.1) is 4.90 Å². The molecular weight excluding hydrogens is 362 g/mol. The maximum absolute atomic E-state index is 12.8. The van der Waals surface area contributed by atoms with Crippen LogP contribution >= 0.6 is 0 Å². The summed E-state index contributed by atoms with van der Waals surface area (Å²) in [5.41, 5.74) is 0.548. The van der Waals surface area contributed by atoms with Gasteiger partial charge in [-0.3, -0.25) is 9.69 Å². The van der Waals surface area contributed by atoms with E-state index in [-0.39, 0.29) is 16.8 Å². The van der Waals surface area contributed by atoms with Crippen LogP contribution in [-0.4, -0.2) is 62.4 Å². The highest BCUT2D eigenvalue weighted by Crippen LogP contribution is 2.24. The summed E-state index contributed by atoms with van der Waals surface area (Å²) in [6.07, 6.45) is 5.95. The molecule has 7 heteroatoms. The predicted octanol–water partition coefficient (Wildman–Crippen LogP) is 2.46. The molecular formula is C20H31N3O3S. The van der Waals surface area contributed by atoms with E-state index in [2.05, 4.69) is 9.62 Å². The first kappa shape index (κ1) is 20.3. The number of sulfonamides is 1. The minimum atomic E-state index is -3.54. The van der Waals surface area contributed by atoms with Crippen LogP contribution in [0.2, 0.25) is 0 Å². The van der Waals surface area contributed by atoms with E-state index >= 15 is 0 Å². The number of nitrogens with one attached hydrogen (secondary N) is 1. The van der Waals surface area contributed by atoms with Crippen molar-refractivity contribution in [3.8, 4) is 0 Å². The number of carbonyl (C=O) groups excluding carboxylic acids is 1. The minimum Gasteiger partial charge on any atom is -0.336 e. The molecule has 1 unspecified atom stereocenters. The molecule has 0 aromatic heterocycles. The largest absolute Gasteiger partial charge is 0.336 e. The summed E-state index contributed by atoms with van der Waals surface area (Å²) in [4.78, 5) is 17.4. The van der Waals surface area contributed by atoms with Gasteiger partial charge < -0.3 is 4.90 Å². The molecule has 1 aliphatic carbocycles. The highest BCUT2D eigenvalue weighted by Gasteiger charge is 2.28. The monoisotopic (exact) mass is 393 g/mol. The van der Waals surface area contributed by atoms with E-state index in [4.69, 9.17) is 0 Å². The average Bonchev–Trinajstić information content (AvgIpc) is 3.22. The highest BCUT2D eigenvalue weighted by atomic mass is 32.2. The summed E-state index contributed by atoms with van der Waals surface area (Å²) >= 11 is 0. The van der Waals surface area contributed by atoms with Gasteiger partial charge in [-0.05, 0) is 50.5 Å². The molecule has 1 atom stereocenters. The Morgan fingerprint density at radius 1 is 1.11 bits per heavy atom. The van der Waals surface area contributed by atoms with Gasteiger partial charge >= 0.3 is 0 Å². The van der Waals surface area contributed by atoms with Gasteiger partial charge in [-0.1, -0.05) is 19.8 Å². The second-order valence-corrected chi connectivity index (χ2v) is 9.44. The Kier molecular flexibility index (Phi) is 6.55. The van der Waals surface area contributed by atoms with Crippen LogP contribution in [0, 0.1) is 0 Å². The Labute approximate surface area is 163 Å². The number of hydrogen-bond donors (Lipinski definition) is 1. The summed E-state index contributed by atoms with van der Waals surface area (Å²) in [6.45, 7) is 7.11. The lowest BCUT2D eigenvalue weighted by Crippen LogP contribution is -2.51. The summed E-state index contributed by atoms with van der Waals surface area (Å²) in [7, 11) is -3.54. The van der Waals surface area contributed by atoms with E-state index in [0.717, 1.165) is 32.6 Å². The molecule has 1 saturated heterocycles. The number of benzene rings is 1. The van der Waals surface area contributed by atoms with Gasteiger partial charge in [-0.25, -0.2) is 13.1 Å². The van der Waals surface area contributed by atoms with Crippen molar-refractivity contribution >= 4 is 15.9 Å². The van der Waals surface area contributed by atoms with Gasteiger partial charge in [-0.15, -0.1) is 0 Å². The van der Waals surface area contributed by atoms with Crippen molar-refractivity contribution in [3.63, 3.8) is 0 Å². The van der Waals surface area contributed by atoms with Crippen molar-refractivity contribution < 1.29 is 13.2 Å². The molecule has 6 nitrogen and oxygen atoms in total. The van der Waals surface area contributed by atoms with E-state index < -0.39 is 10.0 Å². The summed E-state index contributed by atoms with van der Waals surface area (Å²) in [6, 6.07) is 6.87. The molecule has 2 fully saturated rings. The fourth-order valence-corrected chi connectivity index (χ4v) is 5.26. The Bertz CT molecular complexity index is 734. The van der Waals surface area contributed by atoms with Crippen LogP contribution in [0.15, 0.2) is 29.2 Å². The lowest BCUT2D eigenvalue weighted by atomic mass is 10.1. The summed E-state index contributed by atoms with van der Waals surface area (Å²) in [5.74, 6) is -0.0140. The van der Waals surface area contributed by atoms with Gasteiger partial charge in [0.2, 0.25) is 10.0 Å². The van der Waals surface area contributed by atoms with Crippen LogP contribution < -0.4 is 4.72 Å². The number of amides is 1. The smallest absolute Gasteiger partial charge is 0.253 e. The van der Waals surface area contributed by atoms with Crippen LogP contribution in [0.4, 0.5) is 0 Å². The molecule has 3 rings (SSSR count). The Balaban J connectivity index is 1.59. The van der Waals surface area contributed by atoms with E-state index in [0.29, 0.717) is 11.6 Å². The lowest BCUT2D eigenvalue weighted by molar-refractivity contribution is 0.0573. The van der Waals surface area contributed by atoms with Crippen molar-refractivity contribution in [1.29, 1.82) is 0 Å². The molecule has 0 radical (unpaired) electrons. The van der Waals surface area contributed by atoms with Crippen LogP contribution in [0.25, 0.3) is 0 Å². The molecule has 1 saturated carbocycles. The Hall–Kier alpha value is -1.44. The van der Waals surface area contributed by atoms with E-state index in [9.17, 15) is 13.2 Å². The average molecular weight is 394 g/mol. The zero-order chi connectivity index (χ0) is 19.4. The molecule has 27 heavy (non-hydrogen) atoms. The molecule has 1 N–H and O–H groups in total. The fraction of sp³-hybridized carbons (Fsp3) is 0.650. The maximum atomic E-state index is 12.8. The van der Waals surface area contributed by atoms with E-state index in [1.807, 2.05) is 18.7 Å². The zero-order valence-electron chi connectivity index (χ0n) is 16.4. The standard InChI is InChI=1S/C20H31N3O3S/c1-3-16(2)21-27(25,26)19-10-8-17(9-11-19)20(24)23-14-12-22(13-15-23)18-6-4-5-7-18/h8-11,16,18,21H,3-7,12-15H2,1-2H3. The number of rotatable bonds is 6. The van der Waals surface area contributed by atoms with E-state index in [1.165, 1.54) is 37.8 Å². The van der Waals surface area contributed by atoms with Crippen molar-refractivity contribution in [1.82, 2.24) is 14.5 Å². The topological polar surface area (TPSA) is 69.7 Å². The molecule has 0 spiro atoms. The normalized spacial score (nSPS) is 20.7. The van der Waals surface area contributed by atoms with Gasteiger partial charge in [0.15, 0.2) is 0 Å². The number of carbonyl (C=O) groups is 1. The Morgan fingerprint density at radius 2 is 1.70 bits per heavy atom. The van der Waals surface area contributed by atoms with Gasteiger partial charge in [0.1, 0.15) is 0 Å². The molecule has 1 aromatic carbocycles. The van der Waals surface area contributed by atoms with Crippen molar-refractivity contribution in [2.45, 2.75) is 62.9 Å². The third-order valence-electron chi connectivity index (χ3n) is 5.82. The fourth-order valence-electron chi connectivity index (χ4n) is 3.94. The predicted molar refractivity (Wildman–Crippen MR) is 106 cm³/mol. The minimum absolute atomic E-state index is 0.0140. The SMILES string of the molecule is CCC(C)NS(=O)(=O)c1ccc(C(=O)N2CCN(C3CCCC3)CC2)cc1. The van der Waals surface area contributed by atoms with Crippen LogP contribution in [0.5, 0.6) is 0 Å². The second-order valence-electron chi connectivity index (χ2n) is 7.72. The van der Waals surface area contributed by atoms with E-state index in [1.54, 1.807) is 12.1 Å². The molecule has 1 aliphatic heterocycles. The molecule has 1 heterocycles. The van der Waals surface area contributed by atoms with Crippen molar-refractivity contribution in [3.05, 3.63) is 29.8 Å². The highest BCUT2D eigenvalue weighted by molar-refractivity contribution is 7.89. The van der Waals surface area contributed by atoms with Crippen LogP contribution in [0.1, 0.15) is 56.3 Å². The second kappa shape index (κ2) is 8.71. The molecule has 1 aromatic rings. The van der Waals surface area contributed by atoms with Crippen LogP contribution in [-0.2, 0) is 10.0 Å². The quantitative estimate of drug-likeness (QED) is 0.806. The third kappa shape index (κ3) is 4.89. The first-order valence-electron chi connectivity index (χ1n) is 10.1. The maximum Gasteiger partial charge on any atom is 0.253 e. The van der Waals surface area contributed by atoms with Crippen LogP contribution in [0.3, 0.4) is 0 Å². The molecule has 150 valence electrons. The number of nitrogens with zero attached hydrogens (tertiary/aromatic N) is 2. The summed E-state index contributed by atoms with van der Waals surface area (Å²) < 4.78 is 27.3.